The van der Waals surface area contributed by atoms with Crippen LogP contribution in [0.2, 0.25) is 10.0 Å². The van der Waals surface area contributed by atoms with Crippen molar-refractivity contribution in [2.45, 2.75) is 6.92 Å². The minimum atomic E-state index is -0.0150. The second kappa shape index (κ2) is 11.4. The monoisotopic (exact) mass is 511 g/mol. The number of benzene rings is 2. The maximum atomic E-state index is 13.6. The van der Waals surface area contributed by atoms with E-state index in [4.69, 9.17) is 28.2 Å². The van der Waals surface area contributed by atoms with Gasteiger partial charge in [-0.05, 0) is 31.7 Å². The highest BCUT2D eigenvalue weighted by Crippen LogP contribution is 2.38. The predicted octanol–water partition coefficient (Wildman–Crippen LogP) is 6.26. The molecule has 0 saturated carbocycles. The van der Waals surface area contributed by atoms with Crippen molar-refractivity contribution in [1.82, 2.24) is 14.8 Å². The summed E-state index contributed by atoms with van der Waals surface area (Å²) in [5.74, 6) is -0.0150. The van der Waals surface area contributed by atoms with E-state index in [-0.39, 0.29) is 30.7 Å². The van der Waals surface area contributed by atoms with Gasteiger partial charge in [0.15, 0.2) is 0 Å². The highest BCUT2D eigenvalue weighted by atomic mass is 35.5. The highest BCUT2D eigenvalue weighted by molar-refractivity contribution is 6.43. The first kappa shape index (κ1) is 26.4. The van der Waals surface area contributed by atoms with Crippen LogP contribution in [0.25, 0.3) is 22.4 Å². The van der Waals surface area contributed by atoms with E-state index < -0.39 is 0 Å². The Labute approximate surface area is 211 Å². The van der Waals surface area contributed by atoms with Crippen LogP contribution in [-0.2, 0) is 0 Å². The number of hydrogen-bond acceptors (Lipinski definition) is 3. The fraction of sp³-hybridized carbons (Fsp3) is 0.250. The molecule has 0 bridgehead atoms. The van der Waals surface area contributed by atoms with Gasteiger partial charge in [-0.25, -0.2) is 0 Å². The lowest BCUT2D eigenvalue weighted by Crippen LogP contribution is -2.47. The molecule has 32 heavy (non-hydrogen) atoms. The third-order valence-electron chi connectivity index (χ3n) is 5.52. The molecule has 0 radical (unpaired) electrons. The van der Waals surface area contributed by atoms with Crippen LogP contribution < -0.4 is 0 Å². The van der Waals surface area contributed by atoms with Gasteiger partial charge in [0.1, 0.15) is 0 Å². The van der Waals surface area contributed by atoms with Crippen molar-refractivity contribution in [2.24, 2.45) is 0 Å². The summed E-state index contributed by atoms with van der Waals surface area (Å²) in [5.41, 5.74) is 4.56. The second-order valence-corrected chi connectivity index (χ2v) is 8.36. The van der Waals surface area contributed by atoms with Crippen LogP contribution in [0.5, 0.6) is 0 Å². The third kappa shape index (κ3) is 5.38. The Morgan fingerprint density at radius 2 is 1.56 bits per heavy atom. The number of aryl methyl sites for hydroxylation is 1. The number of likely N-dealkylation sites (N-methyl/N-ethyl adjacent to an activating group) is 1. The van der Waals surface area contributed by atoms with Crippen LogP contribution in [0.15, 0.2) is 54.6 Å². The largest absolute Gasteiger partial charge is 0.336 e. The van der Waals surface area contributed by atoms with Crippen molar-refractivity contribution >= 4 is 53.9 Å². The van der Waals surface area contributed by atoms with Gasteiger partial charge in [0.2, 0.25) is 0 Å². The van der Waals surface area contributed by atoms with Crippen molar-refractivity contribution in [3.63, 3.8) is 0 Å². The van der Waals surface area contributed by atoms with Crippen molar-refractivity contribution in [3.8, 4) is 22.4 Å². The Hall–Kier alpha value is -1.82. The molecule has 4 nitrogen and oxygen atoms in total. The molecule has 0 aliphatic carbocycles. The van der Waals surface area contributed by atoms with Gasteiger partial charge in [0.25, 0.3) is 5.91 Å². The van der Waals surface area contributed by atoms with Crippen molar-refractivity contribution in [3.05, 3.63) is 75.9 Å². The Balaban J connectivity index is 0.00000181. The number of hydrogen-bond donors (Lipinski definition) is 0. The summed E-state index contributed by atoms with van der Waals surface area (Å²) in [7, 11) is 2.07. The zero-order valence-electron chi connectivity index (χ0n) is 17.8. The fourth-order valence-corrected chi connectivity index (χ4v) is 4.19. The molecule has 1 aliphatic heterocycles. The number of carbonyl (C=O) groups excluding carboxylic acids is 1. The molecular weight excluding hydrogens is 488 g/mol. The third-order valence-corrected chi connectivity index (χ3v) is 6.33. The molecule has 1 aliphatic rings. The number of aromatic nitrogens is 1. The lowest BCUT2D eigenvalue weighted by Gasteiger charge is -2.33. The van der Waals surface area contributed by atoms with E-state index in [1.165, 1.54) is 0 Å². The Kier molecular flexibility index (Phi) is 9.38. The number of halogens is 4. The lowest BCUT2D eigenvalue weighted by atomic mass is 9.95. The zero-order chi connectivity index (χ0) is 21.3. The summed E-state index contributed by atoms with van der Waals surface area (Å²) < 4.78 is 0. The second-order valence-electron chi connectivity index (χ2n) is 7.58. The molecule has 0 atom stereocenters. The van der Waals surface area contributed by atoms with Gasteiger partial charge >= 0.3 is 0 Å². The first-order valence-corrected chi connectivity index (χ1v) is 10.7. The SMILES string of the molecule is Cc1nc(-c2ccccc2)cc(-c2cccc(Cl)c2Cl)c1C(=O)N1CCN(C)CC1.Cl.Cl. The van der Waals surface area contributed by atoms with Crippen LogP contribution in [0.3, 0.4) is 0 Å². The summed E-state index contributed by atoms with van der Waals surface area (Å²) in [6, 6.07) is 17.4. The van der Waals surface area contributed by atoms with Crippen LogP contribution in [-0.4, -0.2) is 53.9 Å². The average molecular weight is 513 g/mol. The topological polar surface area (TPSA) is 36.4 Å². The van der Waals surface area contributed by atoms with Gasteiger partial charge in [-0.15, -0.1) is 24.8 Å². The van der Waals surface area contributed by atoms with Gasteiger partial charge in [-0.1, -0.05) is 65.7 Å². The molecule has 8 heteroatoms. The molecule has 4 rings (SSSR count). The highest BCUT2D eigenvalue weighted by Gasteiger charge is 2.27. The summed E-state index contributed by atoms with van der Waals surface area (Å²) in [6.07, 6.45) is 0. The molecule has 0 spiro atoms. The number of pyridine rings is 1. The lowest BCUT2D eigenvalue weighted by molar-refractivity contribution is 0.0663. The molecule has 3 aromatic rings. The number of piperazine rings is 1. The molecule has 2 heterocycles. The predicted molar refractivity (Wildman–Crippen MR) is 138 cm³/mol. The smallest absolute Gasteiger partial charge is 0.256 e. The summed E-state index contributed by atoms with van der Waals surface area (Å²) in [5, 5.41) is 0.902. The molecule has 1 saturated heterocycles. The van der Waals surface area contributed by atoms with Crippen LogP contribution in [0.1, 0.15) is 16.1 Å². The molecule has 1 fully saturated rings. The average Bonchev–Trinajstić information content (AvgIpc) is 2.76. The van der Waals surface area contributed by atoms with E-state index in [9.17, 15) is 4.79 Å². The van der Waals surface area contributed by atoms with Gasteiger partial charge in [0.05, 0.1) is 27.0 Å². The standard InChI is InChI=1S/C24H23Cl2N3O.2ClH/c1-16-22(24(30)29-13-11-28(2)12-14-29)19(18-9-6-10-20(25)23(18)26)15-21(27-16)17-7-4-3-5-8-17;;/h3-10,15H,11-14H2,1-2H3;2*1H. The van der Waals surface area contributed by atoms with Gasteiger partial charge in [-0.2, -0.15) is 0 Å². The minimum absolute atomic E-state index is 0. The molecule has 1 amide bonds. The maximum Gasteiger partial charge on any atom is 0.256 e. The van der Waals surface area contributed by atoms with Crippen LogP contribution >= 0.6 is 48.0 Å². The number of amides is 1. The van der Waals surface area contributed by atoms with Crippen molar-refractivity contribution in [2.75, 3.05) is 33.2 Å². The number of carbonyl (C=O) groups is 1. The van der Waals surface area contributed by atoms with E-state index in [1.54, 1.807) is 6.07 Å². The Morgan fingerprint density at radius 3 is 2.22 bits per heavy atom. The fourth-order valence-electron chi connectivity index (χ4n) is 3.79. The quantitative estimate of drug-likeness (QED) is 0.415. The molecule has 2 aromatic carbocycles. The Morgan fingerprint density at radius 1 is 0.906 bits per heavy atom. The maximum absolute atomic E-state index is 13.6. The van der Waals surface area contributed by atoms with Gasteiger partial charge in [-0.3, -0.25) is 9.78 Å². The van der Waals surface area contributed by atoms with Gasteiger partial charge in [0, 0.05) is 37.3 Å². The summed E-state index contributed by atoms with van der Waals surface area (Å²) in [6.45, 7) is 4.98. The van der Waals surface area contributed by atoms with E-state index in [2.05, 4.69) is 11.9 Å². The zero-order valence-corrected chi connectivity index (χ0v) is 21.0. The number of rotatable bonds is 3. The first-order chi connectivity index (χ1) is 14.5. The summed E-state index contributed by atoms with van der Waals surface area (Å²) in [4.78, 5) is 22.5. The van der Waals surface area contributed by atoms with E-state index in [0.717, 1.165) is 35.5 Å². The van der Waals surface area contributed by atoms with Crippen molar-refractivity contribution in [1.29, 1.82) is 0 Å². The molecule has 0 unspecified atom stereocenters. The van der Waals surface area contributed by atoms with Crippen LogP contribution in [0.4, 0.5) is 0 Å². The number of nitrogens with zero attached hydrogens (tertiary/aromatic N) is 3. The van der Waals surface area contributed by atoms with E-state index in [1.807, 2.05) is 60.4 Å². The van der Waals surface area contributed by atoms with E-state index in [0.29, 0.717) is 34.4 Å². The van der Waals surface area contributed by atoms with Gasteiger partial charge < -0.3 is 9.80 Å². The van der Waals surface area contributed by atoms with Crippen molar-refractivity contribution < 1.29 is 4.79 Å². The summed E-state index contributed by atoms with van der Waals surface area (Å²) >= 11 is 12.9. The first-order valence-electron chi connectivity index (χ1n) is 9.95. The molecule has 1 aromatic heterocycles. The molecule has 170 valence electrons. The Bertz CT molecular complexity index is 1080. The van der Waals surface area contributed by atoms with E-state index >= 15 is 0 Å². The van der Waals surface area contributed by atoms with Crippen LogP contribution in [0, 0.1) is 6.92 Å². The molecule has 0 N–H and O–H groups in total. The molecular formula is C24H25Cl4N3O. The minimum Gasteiger partial charge on any atom is -0.336 e. The normalized spacial score (nSPS) is 13.8.